The van der Waals surface area contributed by atoms with E-state index in [1.807, 2.05) is 0 Å². The molecule has 0 spiro atoms. The molecule has 0 aliphatic heterocycles. The molecule has 1 heterocycles. The quantitative estimate of drug-likeness (QED) is 0.598. The van der Waals surface area contributed by atoms with Crippen LogP contribution >= 0.6 is 26.6 Å². The zero-order chi connectivity index (χ0) is 13.3. The number of rotatable bonds is 5. The van der Waals surface area contributed by atoms with E-state index in [9.17, 15) is 13.2 Å². The van der Waals surface area contributed by atoms with Gasteiger partial charge in [0.15, 0.2) is 4.67 Å². The molecule has 1 aliphatic rings. The Morgan fingerprint density at radius 1 is 1.56 bits per heavy atom. The standard InChI is InChI=1S/C10H10BrClO5S/c11-9-8(18(12,14)15)5-7(17-9)10(13)16-4-3-6-1-2-6/h5-6H,1-4H2. The van der Waals surface area contributed by atoms with E-state index in [1.54, 1.807) is 0 Å². The third-order valence-corrected chi connectivity index (χ3v) is 4.75. The van der Waals surface area contributed by atoms with Gasteiger partial charge in [-0.05, 0) is 28.3 Å². The van der Waals surface area contributed by atoms with Crippen LogP contribution in [-0.4, -0.2) is 21.0 Å². The van der Waals surface area contributed by atoms with Gasteiger partial charge in [-0.2, -0.15) is 0 Å². The van der Waals surface area contributed by atoms with E-state index in [-0.39, 0.29) is 15.3 Å². The smallest absolute Gasteiger partial charge is 0.374 e. The molecule has 0 amide bonds. The summed E-state index contributed by atoms with van der Waals surface area (Å²) in [6.07, 6.45) is 3.19. The Bertz CT molecular complexity index is 561. The molecule has 1 aromatic heterocycles. The Labute approximate surface area is 117 Å². The molecule has 2 rings (SSSR count). The summed E-state index contributed by atoms with van der Waals surface area (Å²) in [6.45, 7) is 0.310. The molecule has 0 unspecified atom stereocenters. The van der Waals surface area contributed by atoms with E-state index in [1.165, 1.54) is 12.8 Å². The van der Waals surface area contributed by atoms with Crippen molar-refractivity contribution in [1.29, 1.82) is 0 Å². The molecular formula is C10H10BrClO5S. The molecule has 100 valence electrons. The molecule has 0 saturated heterocycles. The summed E-state index contributed by atoms with van der Waals surface area (Å²) >= 11 is 2.88. The zero-order valence-electron chi connectivity index (χ0n) is 9.19. The number of hydrogen-bond donors (Lipinski definition) is 0. The molecule has 1 saturated carbocycles. The lowest BCUT2D eigenvalue weighted by molar-refractivity contribution is 0.0457. The highest BCUT2D eigenvalue weighted by atomic mass is 79.9. The van der Waals surface area contributed by atoms with Crippen molar-refractivity contribution in [1.82, 2.24) is 0 Å². The average molecular weight is 358 g/mol. The number of halogens is 2. The number of furan rings is 1. The molecule has 0 N–H and O–H groups in total. The van der Waals surface area contributed by atoms with Crippen LogP contribution in [-0.2, 0) is 13.8 Å². The van der Waals surface area contributed by atoms with Crippen molar-refractivity contribution in [2.45, 2.75) is 24.2 Å². The molecule has 0 aromatic carbocycles. The molecule has 1 fully saturated rings. The molecule has 18 heavy (non-hydrogen) atoms. The second kappa shape index (κ2) is 5.22. The van der Waals surface area contributed by atoms with Gasteiger partial charge in [0.1, 0.15) is 4.90 Å². The summed E-state index contributed by atoms with van der Waals surface area (Å²) in [5.74, 6) is -0.222. The Balaban J connectivity index is 2.01. The molecule has 0 radical (unpaired) electrons. The second-order valence-corrected chi connectivity index (χ2v) is 7.31. The highest BCUT2D eigenvalue weighted by Gasteiger charge is 2.25. The number of hydrogen-bond acceptors (Lipinski definition) is 5. The number of carbonyl (C=O) groups excluding carboxylic acids is 1. The predicted octanol–water partition coefficient (Wildman–Crippen LogP) is 2.93. The van der Waals surface area contributed by atoms with Crippen LogP contribution in [0.2, 0.25) is 0 Å². The molecule has 0 atom stereocenters. The van der Waals surface area contributed by atoms with E-state index in [0.717, 1.165) is 12.5 Å². The van der Waals surface area contributed by atoms with E-state index in [4.69, 9.17) is 19.8 Å². The van der Waals surface area contributed by atoms with E-state index < -0.39 is 15.0 Å². The first kappa shape index (κ1) is 13.9. The van der Waals surface area contributed by atoms with Gasteiger partial charge in [-0.1, -0.05) is 12.8 Å². The normalized spacial score (nSPS) is 15.7. The van der Waals surface area contributed by atoms with Gasteiger partial charge < -0.3 is 9.15 Å². The molecule has 5 nitrogen and oxygen atoms in total. The van der Waals surface area contributed by atoms with Crippen LogP contribution in [0.25, 0.3) is 0 Å². The van der Waals surface area contributed by atoms with Gasteiger partial charge in [0.2, 0.25) is 5.76 Å². The SMILES string of the molecule is O=C(OCCC1CC1)c1cc(S(=O)(=O)Cl)c(Br)o1. The van der Waals surface area contributed by atoms with Gasteiger partial charge in [0.05, 0.1) is 6.61 Å². The predicted molar refractivity (Wildman–Crippen MR) is 67.1 cm³/mol. The minimum atomic E-state index is -3.95. The monoisotopic (exact) mass is 356 g/mol. The topological polar surface area (TPSA) is 73.6 Å². The summed E-state index contributed by atoms with van der Waals surface area (Å²) in [5.41, 5.74) is 0. The summed E-state index contributed by atoms with van der Waals surface area (Å²) in [6, 6.07) is 1.05. The lowest BCUT2D eigenvalue weighted by atomic mass is 10.3. The Kier molecular flexibility index (Phi) is 4.03. The maximum absolute atomic E-state index is 11.6. The van der Waals surface area contributed by atoms with Crippen molar-refractivity contribution >= 4 is 41.6 Å². The fraction of sp³-hybridized carbons (Fsp3) is 0.500. The lowest BCUT2D eigenvalue weighted by Gasteiger charge is -2.00. The first-order valence-corrected chi connectivity index (χ1v) is 8.39. The maximum Gasteiger partial charge on any atom is 0.374 e. The minimum Gasteiger partial charge on any atom is -0.460 e. The van der Waals surface area contributed by atoms with Gasteiger partial charge in [-0.3, -0.25) is 0 Å². The largest absolute Gasteiger partial charge is 0.460 e. The number of ether oxygens (including phenoxy) is 1. The van der Waals surface area contributed by atoms with Gasteiger partial charge in [0, 0.05) is 16.7 Å². The third kappa shape index (κ3) is 3.49. The highest BCUT2D eigenvalue weighted by molar-refractivity contribution is 9.10. The molecule has 8 heteroatoms. The fourth-order valence-corrected chi connectivity index (χ4v) is 3.45. The Hall–Kier alpha value is -0.530. The number of carbonyl (C=O) groups is 1. The van der Waals surface area contributed by atoms with E-state index in [2.05, 4.69) is 15.9 Å². The third-order valence-electron chi connectivity index (χ3n) is 2.58. The molecule has 1 aromatic rings. The average Bonchev–Trinajstić information content (AvgIpc) is 2.98. The van der Waals surface area contributed by atoms with Gasteiger partial charge >= 0.3 is 5.97 Å². The van der Waals surface area contributed by atoms with Gasteiger partial charge in [-0.15, -0.1) is 0 Å². The Morgan fingerprint density at radius 3 is 2.72 bits per heavy atom. The van der Waals surface area contributed by atoms with Crippen LogP contribution in [0.4, 0.5) is 0 Å². The van der Waals surface area contributed by atoms with Crippen LogP contribution in [0.3, 0.4) is 0 Å². The van der Waals surface area contributed by atoms with Crippen LogP contribution in [0.1, 0.15) is 29.8 Å². The highest BCUT2D eigenvalue weighted by Crippen LogP contribution is 2.32. The van der Waals surface area contributed by atoms with Gasteiger partial charge in [-0.25, -0.2) is 13.2 Å². The fourth-order valence-electron chi connectivity index (χ4n) is 1.41. The van der Waals surface area contributed by atoms with Crippen molar-refractivity contribution in [2.75, 3.05) is 6.61 Å². The van der Waals surface area contributed by atoms with Gasteiger partial charge in [0.25, 0.3) is 9.05 Å². The van der Waals surface area contributed by atoms with Crippen molar-refractivity contribution in [2.24, 2.45) is 5.92 Å². The summed E-state index contributed by atoms with van der Waals surface area (Å²) in [5, 5.41) is 0. The Morgan fingerprint density at radius 2 is 2.22 bits per heavy atom. The van der Waals surface area contributed by atoms with Crippen LogP contribution in [0, 0.1) is 5.92 Å². The van der Waals surface area contributed by atoms with Crippen LogP contribution in [0.5, 0.6) is 0 Å². The first-order valence-electron chi connectivity index (χ1n) is 5.29. The van der Waals surface area contributed by atoms with Crippen molar-refractivity contribution in [3.8, 4) is 0 Å². The summed E-state index contributed by atoms with van der Waals surface area (Å²) in [4.78, 5) is 11.3. The van der Waals surface area contributed by atoms with Crippen molar-refractivity contribution in [3.05, 3.63) is 16.5 Å². The van der Waals surface area contributed by atoms with E-state index in [0.29, 0.717) is 12.5 Å². The van der Waals surface area contributed by atoms with E-state index >= 15 is 0 Å². The zero-order valence-corrected chi connectivity index (χ0v) is 12.3. The maximum atomic E-state index is 11.6. The second-order valence-electron chi connectivity index (χ2n) is 4.05. The summed E-state index contributed by atoms with van der Waals surface area (Å²) < 4.78 is 32.1. The van der Waals surface area contributed by atoms with Crippen LogP contribution in [0.15, 0.2) is 20.0 Å². The molecule has 0 bridgehead atoms. The molecule has 1 aliphatic carbocycles. The summed E-state index contributed by atoms with van der Waals surface area (Å²) in [7, 11) is 1.22. The first-order chi connectivity index (χ1) is 8.38. The van der Waals surface area contributed by atoms with Crippen LogP contribution < -0.4 is 0 Å². The minimum absolute atomic E-state index is 0.105. The molecular weight excluding hydrogens is 348 g/mol. The number of esters is 1. The lowest BCUT2D eigenvalue weighted by Crippen LogP contribution is -2.05. The van der Waals surface area contributed by atoms with Crippen molar-refractivity contribution in [3.63, 3.8) is 0 Å². The van der Waals surface area contributed by atoms with Crippen molar-refractivity contribution < 1.29 is 22.4 Å².